The second kappa shape index (κ2) is 9.30. The molecule has 9 heteroatoms. The van der Waals surface area contributed by atoms with Crippen LogP contribution in [-0.2, 0) is 4.79 Å². The number of likely N-dealkylation sites (tertiary alicyclic amines) is 2. The number of rotatable bonds is 5. The third-order valence-electron chi connectivity index (χ3n) is 5.55. The Morgan fingerprint density at radius 2 is 2.13 bits per heavy atom. The Bertz CT molecular complexity index is 859. The van der Waals surface area contributed by atoms with Crippen LogP contribution in [-0.4, -0.2) is 71.8 Å². The highest BCUT2D eigenvalue weighted by Gasteiger charge is 2.47. The number of nitrogens with one attached hydrogen (secondary N) is 1. The lowest BCUT2D eigenvalue weighted by molar-refractivity contribution is -0.131. The lowest BCUT2D eigenvalue weighted by Crippen LogP contribution is -2.43. The molecule has 0 radical (unpaired) electrons. The maximum Gasteiger partial charge on any atom is 0.268 e. The summed E-state index contributed by atoms with van der Waals surface area (Å²) in [5, 5.41) is 11.5. The summed E-state index contributed by atoms with van der Waals surface area (Å²) in [5.41, 5.74) is 0.981. The molecule has 2 amide bonds. The number of hydrogen-bond donors (Lipinski definition) is 1. The minimum atomic E-state index is -3.09. The molecule has 0 aliphatic carbocycles. The largest absolute Gasteiger partial charge is 0.343 e. The number of aromatic nitrogens is 1. The number of amides is 2. The molecular weight excluding hydrogens is 392 g/mol. The molecular formula is C21H25F2N5O2. The lowest BCUT2D eigenvalue weighted by Gasteiger charge is -2.26. The number of piperidine rings is 1. The van der Waals surface area contributed by atoms with Gasteiger partial charge in [-0.05, 0) is 45.0 Å². The highest BCUT2D eigenvalue weighted by Crippen LogP contribution is 2.31. The van der Waals surface area contributed by atoms with E-state index in [-0.39, 0.29) is 0 Å². The summed E-state index contributed by atoms with van der Waals surface area (Å²) in [6.07, 6.45) is 8.42. The highest BCUT2D eigenvalue weighted by atomic mass is 19.3. The Kier molecular flexibility index (Phi) is 6.77. The quantitative estimate of drug-likeness (QED) is 0.791. The van der Waals surface area contributed by atoms with E-state index in [2.05, 4.69) is 28.3 Å². The summed E-state index contributed by atoms with van der Waals surface area (Å²) in [6.45, 7) is 0.792. The molecule has 2 saturated heterocycles. The average molecular weight is 417 g/mol. The minimum absolute atomic E-state index is 0.352. The molecule has 3 rings (SSSR count). The summed E-state index contributed by atoms with van der Waals surface area (Å²) >= 11 is 0. The van der Waals surface area contributed by atoms with Crippen molar-refractivity contribution in [1.29, 1.82) is 5.26 Å². The molecule has 2 aliphatic heterocycles. The zero-order valence-electron chi connectivity index (χ0n) is 16.9. The van der Waals surface area contributed by atoms with Gasteiger partial charge in [0.05, 0.1) is 19.2 Å². The van der Waals surface area contributed by atoms with Crippen molar-refractivity contribution in [3.63, 3.8) is 0 Å². The van der Waals surface area contributed by atoms with E-state index in [1.807, 2.05) is 6.08 Å². The number of nitriles is 1. The van der Waals surface area contributed by atoms with Gasteiger partial charge in [-0.15, -0.1) is 0 Å². The second-order valence-corrected chi connectivity index (χ2v) is 7.87. The predicted molar refractivity (Wildman–Crippen MR) is 107 cm³/mol. The van der Waals surface area contributed by atoms with Gasteiger partial charge in [-0.3, -0.25) is 14.6 Å². The van der Waals surface area contributed by atoms with Crippen molar-refractivity contribution in [3.8, 4) is 6.07 Å². The predicted octanol–water partition coefficient (Wildman–Crippen LogP) is 1.93. The summed E-state index contributed by atoms with van der Waals surface area (Å²) in [5.74, 6) is -3.85. The van der Waals surface area contributed by atoms with Crippen LogP contribution in [0.5, 0.6) is 0 Å². The lowest BCUT2D eigenvalue weighted by atomic mass is 9.95. The monoisotopic (exact) mass is 417 g/mol. The molecule has 1 aromatic rings. The van der Waals surface area contributed by atoms with Crippen molar-refractivity contribution < 1.29 is 18.4 Å². The van der Waals surface area contributed by atoms with Crippen LogP contribution in [0.15, 0.2) is 24.5 Å². The van der Waals surface area contributed by atoms with Gasteiger partial charge in [0.15, 0.2) is 0 Å². The maximum absolute atomic E-state index is 13.5. The zero-order valence-corrected chi connectivity index (χ0v) is 16.9. The van der Waals surface area contributed by atoms with E-state index in [1.54, 1.807) is 18.3 Å². The van der Waals surface area contributed by atoms with Crippen molar-refractivity contribution in [2.45, 2.75) is 31.2 Å². The molecule has 0 saturated carbocycles. The first-order chi connectivity index (χ1) is 14.3. The number of alkyl halides is 2. The minimum Gasteiger partial charge on any atom is -0.343 e. The number of hydrogen-bond acceptors (Lipinski definition) is 5. The van der Waals surface area contributed by atoms with Crippen LogP contribution >= 0.6 is 0 Å². The van der Waals surface area contributed by atoms with Crippen LogP contribution in [0.25, 0.3) is 6.08 Å². The van der Waals surface area contributed by atoms with Crippen LogP contribution in [0.2, 0.25) is 0 Å². The Hall–Kier alpha value is -2.86. The van der Waals surface area contributed by atoms with Gasteiger partial charge in [-0.25, -0.2) is 8.78 Å². The number of carbonyl (C=O) groups is 2. The molecule has 1 N–H and O–H groups in total. The Labute approximate surface area is 174 Å². The normalized spacial score (nSPS) is 22.2. The molecule has 0 bridgehead atoms. The van der Waals surface area contributed by atoms with Crippen LogP contribution in [0.4, 0.5) is 8.78 Å². The van der Waals surface area contributed by atoms with E-state index in [4.69, 9.17) is 5.26 Å². The fourth-order valence-corrected chi connectivity index (χ4v) is 3.75. The molecule has 2 aliphatic rings. The first-order valence-electron chi connectivity index (χ1n) is 9.95. The first kappa shape index (κ1) is 21.8. The van der Waals surface area contributed by atoms with Crippen molar-refractivity contribution in [2.24, 2.45) is 5.92 Å². The standard InChI is InChI=1S/C21H25F2N5O2/c1-27-8-5-15(6-9-27)2-3-16-12-25-7-4-18(16)20(30)26-13-19(29)28-14-21(22,23)10-17(28)11-24/h2-4,7,12,15,17H,5-6,8-10,13-14H2,1H3,(H,26,30). The van der Waals surface area contributed by atoms with Crippen LogP contribution in [0.1, 0.15) is 35.2 Å². The first-order valence-corrected chi connectivity index (χ1v) is 9.95. The maximum atomic E-state index is 13.5. The molecule has 0 spiro atoms. The number of pyridine rings is 1. The number of carbonyl (C=O) groups excluding carboxylic acids is 2. The summed E-state index contributed by atoms with van der Waals surface area (Å²) < 4.78 is 27.0. The van der Waals surface area contributed by atoms with Gasteiger partial charge in [0.2, 0.25) is 5.91 Å². The molecule has 2 fully saturated rings. The molecule has 3 heterocycles. The van der Waals surface area contributed by atoms with E-state index in [0.717, 1.165) is 30.8 Å². The van der Waals surface area contributed by atoms with Gasteiger partial charge in [-0.2, -0.15) is 5.26 Å². The Morgan fingerprint density at radius 1 is 1.40 bits per heavy atom. The third-order valence-corrected chi connectivity index (χ3v) is 5.55. The van der Waals surface area contributed by atoms with Gasteiger partial charge in [0.25, 0.3) is 11.8 Å². The molecule has 30 heavy (non-hydrogen) atoms. The SMILES string of the molecule is CN1CCC(C=Cc2cnccc2C(=O)NCC(=O)N2CC(F)(F)CC2C#N)CC1. The number of halogens is 2. The van der Waals surface area contributed by atoms with Crippen LogP contribution < -0.4 is 5.32 Å². The topological polar surface area (TPSA) is 89.3 Å². The van der Waals surface area contributed by atoms with E-state index in [0.29, 0.717) is 17.0 Å². The molecule has 1 unspecified atom stereocenters. The highest BCUT2D eigenvalue weighted by molar-refractivity contribution is 5.99. The summed E-state index contributed by atoms with van der Waals surface area (Å²) in [6, 6.07) is 2.09. The van der Waals surface area contributed by atoms with Crippen LogP contribution in [0.3, 0.4) is 0 Å². The van der Waals surface area contributed by atoms with Gasteiger partial charge in [0, 0.05) is 29.9 Å². The fraction of sp³-hybridized carbons (Fsp3) is 0.524. The molecule has 160 valence electrons. The average Bonchev–Trinajstić information content (AvgIpc) is 3.06. The summed E-state index contributed by atoms with van der Waals surface area (Å²) in [4.78, 5) is 32.0. The van der Waals surface area contributed by atoms with Crippen LogP contribution in [0, 0.1) is 17.2 Å². The van der Waals surface area contributed by atoms with E-state index in [9.17, 15) is 18.4 Å². The van der Waals surface area contributed by atoms with Gasteiger partial charge in [0.1, 0.15) is 6.04 Å². The number of allylic oxidation sites excluding steroid dienone is 1. The van der Waals surface area contributed by atoms with Gasteiger partial charge < -0.3 is 15.1 Å². The van der Waals surface area contributed by atoms with E-state index < -0.39 is 43.3 Å². The van der Waals surface area contributed by atoms with Crippen molar-refractivity contribution >= 4 is 17.9 Å². The molecule has 0 aromatic carbocycles. The van der Waals surface area contributed by atoms with Crippen molar-refractivity contribution in [1.82, 2.24) is 20.1 Å². The smallest absolute Gasteiger partial charge is 0.268 e. The molecule has 1 atom stereocenters. The Balaban J connectivity index is 1.61. The summed E-state index contributed by atoms with van der Waals surface area (Å²) in [7, 11) is 2.09. The third kappa shape index (κ3) is 5.39. The van der Waals surface area contributed by atoms with E-state index >= 15 is 0 Å². The van der Waals surface area contributed by atoms with E-state index in [1.165, 1.54) is 6.20 Å². The van der Waals surface area contributed by atoms with Crippen molar-refractivity contribution in [3.05, 3.63) is 35.7 Å². The second-order valence-electron chi connectivity index (χ2n) is 7.87. The number of nitrogens with zero attached hydrogens (tertiary/aromatic N) is 4. The van der Waals surface area contributed by atoms with Gasteiger partial charge in [-0.1, -0.05) is 12.2 Å². The Morgan fingerprint density at radius 3 is 2.83 bits per heavy atom. The molecule has 1 aromatic heterocycles. The molecule has 7 nitrogen and oxygen atoms in total. The fourth-order valence-electron chi connectivity index (χ4n) is 3.75. The van der Waals surface area contributed by atoms with Gasteiger partial charge >= 0.3 is 0 Å². The van der Waals surface area contributed by atoms with Crippen molar-refractivity contribution in [2.75, 3.05) is 33.2 Å². The zero-order chi connectivity index (χ0) is 21.7.